The van der Waals surface area contributed by atoms with E-state index in [1.54, 1.807) is 0 Å². The Morgan fingerprint density at radius 1 is 1.39 bits per heavy atom. The van der Waals surface area contributed by atoms with Crippen LogP contribution < -0.4 is 5.73 Å². The van der Waals surface area contributed by atoms with Crippen molar-refractivity contribution in [2.24, 2.45) is 28.6 Å². The number of allylic oxidation sites excluding steroid dienone is 4. The Hall–Kier alpha value is -1.71. The van der Waals surface area contributed by atoms with Crippen molar-refractivity contribution in [2.45, 2.75) is 13.8 Å². The number of oxime groups is 1. The number of amidine groups is 1. The summed E-state index contributed by atoms with van der Waals surface area (Å²) in [6.45, 7) is 9.88. The van der Waals surface area contributed by atoms with E-state index < -0.39 is 0 Å². The quantitative estimate of drug-likeness (QED) is 0.262. The Morgan fingerprint density at radius 3 is 2.44 bits per heavy atom. The second kappa shape index (κ2) is 4.88. The van der Waals surface area contributed by atoms with Crippen LogP contribution in [-0.4, -0.2) is 29.0 Å². The minimum atomic E-state index is 0.287. The number of likely N-dealkylation sites (tertiary alicyclic amines) is 1. The predicted molar refractivity (Wildman–Crippen MR) is 73.2 cm³/mol. The zero-order valence-corrected chi connectivity index (χ0v) is 11.0. The average Bonchev–Trinajstić information content (AvgIpc) is 2.84. The normalized spacial score (nSPS) is 31.9. The van der Waals surface area contributed by atoms with Crippen LogP contribution in [0.15, 0.2) is 41.2 Å². The summed E-state index contributed by atoms with van der Waals surface area (Å²) in [6, 6.07) is 0. The third-order valence-electron chi connectivity index (χ3n) is 3.85. The van der Waals surface area contributed by atoms with E-state index in [2.05, 4.69) is 28.8 Å². The smallest absolute Gasteiger partial charge is 0.142 e. The SMILES string of the molecule is C=C(C)/C=C\C(=C/C)N1CC2C(C1)C2/C(N)=N/O. The van der Waals surface area contributed by atoms with E-state index in [4.69, 9.17) is 10.9 Å². The highest BCUT2D eigenvalue weighted by Gasteiger charge is 2.58. The minimum absolute atomic E-state index is 0.287. The van der Waals surface area contributed by atoms with E-state index in [0.717, 1.165) is 18.7 Å². The summed E-state index contributed by atoms with van der Waals surface area (Å²) < 4.78 is 0. The standard InChI is InChI=1S/C14H21N3O/c1-4-10(6-5-9(2)3)17-7-11-12(8-17)13(11)14(15)16-18/h4-6,11-13,18H,2,7-8H2,1,3H3,(H2,15,16)/b6-5-,10-4+. The Balaban J connectivity index is 1.95. The van der Waals surface area contributed by atoms with Crippen LogP contribution >= 0.6 is 0 Å². The van der Waals surface area contributed by atoms with Gasteiger partial charge >= 0.3 is 0 Å². The molecule has 0 amide bonds. The van der Waals surface area contributed by atoms with Gasteiger partial charge in [0.25, 0.3) is 0 Å². The molecular weight excluding hydrogens is 226 g/mol. The molecule has 2 unspecified atom stereocenters. The lowest BCUT2D eigenvalue weighted by atomic mass is 10.2. The zero-order valence-electron chi connectivity index (χ0n) is 11.0. The monoisotopic (exact) mass is 247 g/mol. The molecule has 2 rings (SSSR count). The number of nitrogens with zero attached hydrogens (tertiary/aromatic N) is 2. The van der Waals surface area contributed by atoms with Crippen LogP contribution in [0, 0.1) is 17.8 Å². The number of hydrogen-bond donors (Lipinski definition) is 2. The van der Waals surface area contributed by atoms with E-state index in [1.807, 2.05) is 19.9 Å². The molecule has 1 heterocycles. The van der Waals surface area contributed by atoms with Gasteiger partial charge in [0.1, 0.15) is 5.84 Å². The van der Waals surface area contributed by atoms with Crippen LogP contribution in [0.1, 0.15) is 13.8 Å². The summed E-state index contributed by atoms with van der Waals surface area (Å²) in [4.78, 5) is 2.36. The largest absolute Gasteiger partial charge is 0.409 e. The van der Waals surface area contributed by atoms with Crippen LogP contribution in [0.4, 0.5) is 0 Å². The molecule has 0 radical (unpaired) electrons. The molecule has 2 aliphatic rings. The Morgan fingerprint density at radius 2 is 2.00 bits per heavy atom. The van der Waals surface area contributed by atoms with E-state index in [0.29, 0.717) is 17.7 Å². The zero-order chi connectivity index (χ0) is 13.3. The van der Waals surface area contributed by atoms with Gasteiger partial charge in [-0.05, 0) is 31.8 Å². The van der Waals surface area contributed by atoms with Gasteiger partial charge in [0.05, 0.1) is 0 Å². The van der Waals surface area contributed by atoms with Crippen LogP contribution in [0.3, 0.4) is 0 Å². The molecule has 1 saturated carbocycles. The van der Waals surface area contributed by atoms with Crippen molar-refractivity contribution in [3.63, 3.8) is 0 Å². The minimum Gasteiger partial charge on any atom is -0.409 e. The molecule has 4 heteroatoms. The topological polar surface area (TPSA) is 61.8 Å². The molecule has 98 valence electrons. The lowest BCUT2D eigenvalue weighted by molar-refractivity contribution is 0.313. The molecule has 0 aromatic rings. The van der Waals surface area contributed by atoms with E-state index in [-0.39, 0.29) is 5.92 Å². The van der Waals surface area contributed by atoms with Crippen molar-refractivity contribution < 1.29 is 5.21 Å². The van der Waals surface area contributed by atoms with Gasteiger partial charge in [-0.1, -0.05) is 29.5 Å². The van der Waals surface area contributed by atoms with Gasteiger partial charge in [-0.2, -0.15) is 0 Å². The van der Waals surface area contributed by atoms with Crippen LogP contribution in [-0.2, 0) is 0 Å². The van der Waals surface area contributed by atoms with Crippen molar-refractivity contribution in [1.29, 1.82) is 0 Å². The molecule has 1 aliphatic carbocycles. The molecule has 3 N–H and O–H groups in total. The third-order valence-corrected chi connectivity index (χ3v) is 3.85. The van der Waals surface area contributed by atoms with Gasteiger partial charge < -0.3 is 15.8 Å². The van der Waals surface area contributed by atoms with Crippen molar-refractivity contribution in [1.82, 2.24) is 4.90 Å². The summed E-state index contributed by atoms with van der Waals surface area (Å²) >= 11 is 0. The number of piperidine rings is 1. The highest BCUT2D eigenvalue weighted by molar-refractivity contribution is 5.85. The Kier molecular flexibility index (Phi) is 3.45. The van der Waals surface area contributed by atoms with Crippen molar-refractivity contribution >= 4 is 5.84 Å². The molecule has 0 aromatic carbocycles. The third kappa shape index (κ3) is 2.28. The molecule has 2 atom stereocenters. The fourth-order valence-corrected chi connectivity index (χ4v) is 2.85. The van der Waals surface area contributed by atoms with Crippen molar-refractivity contribution in [3.8, 4) is 0 Å². The average molecular weight is 247 g/mol. The number of hydrogen-bond acceptors (Lipinski definition) is 3. The summed E-state index contributed by atoms with van der Waals surface area (Å²) in [5, 5.41) is 11.8. The predicted octanol–water partition coefficient (Wildman–Crippen LogP) is 1.95. The maximum atomic E-state index is 8.68. The summed E-state index contributed by atoms with van der Waals surface area (Å²) in [5.41, 5.74) is 7.94. The van der Waals surface area contributed by atoms with Gasteiger partial charge in [0, 0.05) is 24.7 Å². The Bertz CT molecular complexity index is 424. The molecule has 4 nitrogen and oxygen atoms in total. The Labute approximate surface area is 108 Å². The van der Waals surface area contributed by atoms with E-state index in [9.17, 15) is 0 Å². The molecule has 0 spiro atoms. The highest BCUT2D eigenvalue weighted by atomic mass is 16.4. The van der Waals surface area contributed by atoms with Crippen LogP contribution in [0.25, 0.3) is 0 Å². The molecule has 1 aliphatic heterocycles. The maximum absolute atomic E-state index is 8.68. The number of nitrogens with two attached hydrogens (primary N) is 1. The first-order valence-electron chi connectivity index (χ1n) is 6.30. The first-order valence-corrected chi connectivity index (χ1v) is 6.30. The van der Waals surface area contributed by atoms with Crippen LogP contribution in [0.5, 0.6) is 0 Å². The number of fused-ring (bicyclic) bond motifs is 1. The van der Waals surface area contributed by atoms with E-state index >= 15 is 0 Å². The maximum Gasteiger partial charge on any atom is 0.142 e. The van der Waals surface area contributed by atoms with Crippen molar-refractivity contribution in [2.75, 3.05) is 13.1 Å². The summed E-state index contributed by atoms with van der Waals surface area (Å²) in [5.74, 6) is 1.78. The highest BCUT2D eigenvalue weighted by Crippen LogP contribution is 2.52. The second-order valence-electron chi connectivity index (χ2n) is 5.18. The molecular formula is C14H21N3O. The first-order chi connectivity index (χ1) is 8.58. The van der Waals surface area contributed by atoms with Gasteiger partial charge in [0.15, 0.2) is 0 Å². The lowest BCUT2D eigenvalue weighted by Crippen LogP contribution is -2.27. The number of rotatable bonds is 4. The second-order valence-corrected chi connectivity index (χ2v) is 5.18. The lowest BCUT2D eigenvalue weighted by Gasteiger charge is -2.22. The summed E-state index contributed by atoms with van der Waals surface area (Å²) in [6.07, 6.45) is 6.24. The fraction of sp³-hybridized carbons (Fsp3) is 0.500. The summed E-state index contributed by atoms with van der Waals surface area (Å²) in [7, 11) is 0. The molecule has 2 fully saturated rings. The van der Waals surface area contributed by atoms with Gasteiger partial charge in [0.2, 0.25) is 0 Å². The molecule has 18 heavy (non-hydrogen) atoms. The van der Waals surface area contributed by atoms with Crippen LogP contribution in [0.2, 0.25) is 0 Å². The molecule has 0 aromatic heterocycles. The first kappa shape index (κ1) is 12.7. The van der Waals surface area contributed by atoms with Gasteiger partial charge in [-0.25, -0.2) is 0 Å². The van der Waals surface area contributed by atoms with Crippen molar-refractivity contribution in [3.05, 3.63) is 36.1 Å². The molecule has 1 saturated heterocycles. The van der Waals surface area contributed by atoms with Gasteiger partial charge in [-0.3, -0.25) is 0 Å². The fourth-order valence-electron chi connectivity index (χ4n) is 2.85. The van der Waals surface area contributed by atoms with E-state index in [1.165, 1.54) is 5.70 Å². The molecule has 0 bridgehead atoms. The van der Waals surface area contributed by atoms with Gasteiger partial charge in [-0.15, -0.1) is 0 Å².